The Morgan fingerprint density at radius 1 is 1.32 bits per heavy atom. The van der Waals surface area contributed by atoms with E-state index in [2.05, 4.69) is 5.10 Å². The maximum Gasteiger partial charge on any atom is 0.189 e. The molecule has 0 spiro atoms. The molecule has 0 saturated carbocycles. The minimum Gasteiger partial charge on any atom is -0.497 e. The van der Waals surface area contributed by atoms with E-state index in [1.807, 2.05) is 13.0 Å². The standard InChI is InChI=1S/C20H21ClN2O4S/c1-12-18(20(21)23(22-12)15-7-8-28(25,26)11-15)10-14-4-3-13-9-16(27-2)5-6-17(13)19(14)24/h5-6,9-10,15H,3-4,7-8,11H2,1-2H3/b14-10+/t15-/m1/s1. The fourth-order valence-corrected chi connectivity index (χ4v) is 5.96. The van der Waals surface area contributed by atoms with Crippen LogP contribution in [0.5, 0.6) is 5.75 Å². The predicted molar refractivity (Wildman–Crippen MR) is 108 cm³/mol. The number of nitrogens with zero attached hydrogens (tertiary/aromatic N) is 2. The summed E-state index contributed by atoms with van der Waals surface area (Å²) in [5, 5.41) is 4.85. The van der Waals surface area contributed by atoms with E-state index in [-0.39, 0.29) is 23.3 Å². The first-order valence-corrected chi connectivity index (χ1v) is 11.4. The van der Waals surface area contributed by atoms with Crippen molar-refractivity contribution >= 4 is 33.3 Å². The van der Waals surface area contributed by atoms with Gasteiger partial charge in [-0.25, -0.2) is 13.1 Å². The molecule has 2 heterocycles. The molecule has 4 rings (SSSR count). The molecule has 1 aliphatic heterocycles. The summed E-state index contributed by atoms with van der Waals surface area (Å²) >= 11 is 6.54. The predicted octanol–water partition coefficient (Wildman–Crippen LogP) is 3.43. The fourth-order valence-electron chi connectivity index (χ4n) is 3.90. The average molecular weight is 421 g/mol. The van der Waals surface area contributed by atoms with Crippen LogP contribution in [0.1, 0.15) is 46.1 Å². The van der Waals surface area contributed by atoms with Gasteiger partial charge in [0.15, 0.2) is 15.6 Å². The number of ether oxygens (including phenoxy) is 1. The molecular weight excluding hydrogens is 400 g/mol. The second-order valence-electron chi connectivity index (χ2n) is 7.31. The lowest BCUT2D eigenvalue weighted by molar-refractivity contribution is 0.102. The molecule has 1 fully saturated rings. The summed E-state index contributed by atoms with van der Waals surface area (Å²) in [5.74, 6) is 0.932. The number of rotatable bonds is 3. The number of methoxy groups -OCH3 is 1. The molecule has 1 aromatic carbocycles. The molecule has 6 nitrogen and oxygen atoms in total. The number of hydrogen-bond donors (Lipinski definition) is 0. The van der Waals surface area contributed by atoms with Crippen molar-refractivity contribution in [1.29, 1.82) is 0 Å². The number of aryl methyl sites for hydroxylation is 2. The third kappa shape index (κ3) is 3.37. The van der Waals surface area contributed by atoms with Crippen LogP contribution in [0.4, 0.5) is 0 Å². The van der Waals surface area contributed by atoms with Crippen molar-refractivity contribution in [3.8, 4) is 5.75 Å². The van der Waals surface area contributed by atoms with E-state index in [1.165, 1.54) is 0 Å². The highest BCUT2D eigenvalue weighted by Crippen LogP contribution is 2.34. The van der Waals surface area contributed by atoms with Crippen LogP contribution in [-0.4, -0.2) is 42.6 Å². The topological polar surface area (TPSA) is 78.3 Å². The highest BCUT2D eigenvalue weighted by atomic mass is 35.5. The maximum atomic E-state index is 12.9. The summed E-state index contributed by atoms with van der Waals surface area (Å²) in [4.78, 5) is 12.9. The molecule has 1 atom stereocenters. The number of carbonyl (C=O) groups is 1. The smallest absolute Gasteiger partial charge is 0.189 e. The summed E-state index contributed by atoms with van der Waals surface area (Å²) in [5.41, 5.74) is 3.72. The van der Waals surface area contributed by atoms with E-state index in [0.29, 0.717) is 40.4 Å². The number of sulfone groups is 1. The molecule has 0 bridgehead atoms. The molecule has 0 unspecified atom stereocenters. The van der Waals surface area contributed by atoms with Crippen molar-refractivity contribution in [3.05, 3.63) is 51.3 Å². The van der Waals surface area contributed by atoms with Gasteiger partial charge < -0.3 is 4.74 Å². The van der Waals surface area contributed by atoms with Gasteiger partial charge in [0.05, 0.1) is 30.4 Å². The molecule has 2 aromatic rings. The van der Waals surface area contributed by atoms with Gasteiger partial charge in [0, 0.05) is 16.7 Å². The Kier molecular flexibility index (Phi) is 4.83. The van der Waals surface area contributed by atoms with Crippen molar-refractivity contribution < 1.29 is 17.9 Å². The number of fused-ring (bicyclic) bond motifs is 1. The van der Waals surface area contributed by atoms with E-state index in [1.54, 1.807) is 30.0 Å². The Labute approximate surface area is 169 Å². The molecular formula is C20H21ClN2O4S. The number of aromatic nitrogens is 2. The number of ketones is 1. The van der Waals surface area contributed by atoms with Crippen LogP contribution in [0.25, 0.3) is 6.08 Å². The third-order valence-corrected chi connectivity index (χ3v) is 7.58. The SMILES string of the molecule is COc1ccc2c(c1)CC/C(=C\c1c(C)nn([C@@H]3CCS(=O)(=O)C3)c1Cl)C2=O. The normalized spacial score (nSPS) is 22.5. The minimum atomic E-state index is -3.04. The van der Waals surface area contributed by atoms with E-state index in [0.717, 1.165) is 17.7 Å². The lowest BCUT2D eigenvalue weighted by atomic mass is 9.86. The molecule has 1 aromatic heterocycles. The largest absolute Gasteiger partial charge is 0.497 e. The first kappa shape index (κ1) is 19.2. The van der Waals surface area contributed by atoms with Gasteiger partial charge in [-0.15, -0.1) is 0 Å². The number of benzene rings is 1. The summed E-state index contributed by atoms with van der Waals surface area (Å²) in [6, 6.07) is 5.24. The number of hydrogen-bond acceptors (Lipinski definition) is 5. The molecule has 8 heteroatoms. The van der Waals surface area contributed by atoms with Crippen molar-refractivity contribution in [3.63, 3.8) is 0 Å². The number of Topliss-reactive ketones (excluding diaryl/α,β-unsaturated/α-hetero) is 1. The van der Waals surface area contributed by atoms with E-state index >= 15 is 0 Å². The van der Waals surface area contributed by atoms with Gasteiger partial charge in [0.25, 0.3) is 0 Å². The Morgan fingerprint density at radius 3 is 2.79 bits per heavy atom. The Balaban J connectivity index is 1.67. The van der Waals surface area contributed by atoms with Gasteiger partial charge >= 0.3 is 0 Å². The zero-order chi connectivity index (χ0) is 20.1. The van der Waals surface area contributed by atoms with Crippen molar-refractivity contribution in [2.75, 3.05) is 18.6 Å². The van der Waals surface area contributed by atoms with Crippen LogP contribution in [0.3, 0.4) is 0 Å². The molecule has 0 radical (unpaired) electrons. The first-order chi connectivity index (χ1) is 13.3. The second-order valence-corrected chi connectivity index (χ2v) is 9.90. The lowest BCUT2D eigenvalue weighted by Gasteiger charge is -2.18. The quantitative estimate of drug-likeness (QED) is 0.711. The summed E-state index contributed by atoms with van der Waals surface area (Å²) in [6.07, 6.45) is 3.67. The van der Waals surface area contributed by atoms with Gasteiger partial charge in [0.1, 0.15) is 10.9 Å². The number of halogens is 1. The Bertz CT molecular complexity index is 1100. The van der Waals surface area contributed by atoms with E-state index in [4.69, 9.17) is 16.3 Å². The highest BCUT2D eigenvalue weighted by Gasteiger charge is 2.32. The van der Waals surface area contributed by atoms with Gasteiger partial charge in [-0.05, 0) is 56.0 Å². The van der Waals surface area contributed by atoms with Gasteiger partial charge in [-0.1, -0.05) is 11.6 Å². The second kappa shape index (κ2) is 7.04. The van der Waals surface area contributed by atoms with Crippen LogP contribution in [0.2, 0.25) is 5.15 Å². The number of allylic oxidation sites excluding steroid dienone is 1. The highest BCUT2D eigenvalue weighted by molar-refractivity contribution is 7.91. The van der Waals surface area contributed by atoms with Crippen LogP contribution in [0, 0.1) is 6.92 Å². The average Bonchev–Trinajstić information content (AvgIpc) is 3.16. The van der Waals surface area contributed by atoms with Gasteiger partial charge in [-0.2, -0.15) is 5.10 Å². The van der Waals surface area contributed by atoms with Crippen molar-refractivity contribution in [1.82, 2.24) is 9.78 Å². The van der Waals surface area contributed by atoms with E-state index in [9.17, 15) is 13.2 Å². The molecule has 1 aliphatic carbocycles. The van der Waals surface area contributed by atoms with Crippen LogP contribution in [0.15, 0.2) is 23.8 Å². The lowest BCUT2D eigenvalue weighted by Crippen LogP contribution is -2.14. The molecule has 148 valence electrons. The zero-order valence-corrected chi connectivity index (χ0v) is 17.3. The maximum absolute atomic E-state index is 12.9. The molecule has 2 aliphatic rings. The third-order valence-electron chi connectivity index (χ3n) is 5.46. The van der Waals surface area contributed by atoms with E-state index < -0.39 is 9.84 Å². The van der Waals surface area contributed by atoms with Gasteiger partial charge in [-0.3, -0.25) is 4.79 Å². The first-order valence-electron chi connectivity index (χ1n) is 9.16. The monoisotopic (exact) mass is 420 g/mol. The molecule has 28 heavy (non-hydrogen) atoms. The Morgan fingerprint density at radius 2 is 2.11 bits per heavy atom. The summed E-state index contributed by atoms with van der Waals surface area (Å²) in [6.45, 7) is 1.82. The zero-order valence-electron chi connectivity index (χ0n) is 15.7. The Hall–Kier alpha value is -2.12. The van der Waals surface area contributed by atoms with Crippen molar-refractivity contribution in [2.45, 2.75) is 32.2 Å². The number of carbonyl (C=O) groups excluding carboxylic acids is 1. The van der Waals surface area contributed by atoms with Crippen molar-refractivity contribution in [2.24, 2.45) is 0 Å². The molecule has 0 N–H and O–H groups in total. The fraction of sp³-hybridized carbons (Fsp3) is 0.400. The van der Waals surface area contributed by atoms with Crippen LogP contribution in [-0.2, 0) is 16.3 Å². The molecule has 1 saturated heterocycles. The van der Waals surface area contributed by atoms with Crippen LogP contribution >= 0.6 is 11.6 Å². The summed E-state index contributed by atoms with van der Waals surface area (Å²) < 4.78 is 30.4. The minimum absolute atomic E-state index is 0.0180. The van der Waals surface area contributed by atoms with Crippen LogP contribution < -0.4 is 4.74 Å². The summed E-state index contributed by atoms with van der Waals surface area (Å²) in [7, 11) is -1.43. The van der Waals surface area contributed by atoms with Gasteiger partial charge in [0.2, 0.25) is 0 Å². The molecule has 0 amide bonds.